The Morgan fingerprint density at radius 3 is 2.20 bits per heavy atom. The topological polar surface area (TPSA) is 26.0 Å². The van der Waals surface area contributed by atoms with Crippen molar-refractivity contribution in [2.24, 2.45) is 0 Å². The summed E-state index contributed by atoms with van der Waals surface area (Å²) in [4.78, 5) is 0. The minimum Gasteiger partial charge on any atom is -0.397 e. The highest BCUT2D eigenvalue weighted by molar-refractivity contribution is 6.33. The van der Waals surface area contributed by atoms with Crippen LogP contribution in [0, 0.1) is 11.6 Å². The van der Waals surface area contributed by atoms with Gasteiger partial charge in [-0.25, -0.2) is 8.78 Å². The van der Waals surface area contributed by atoms with Gasteiger partial charge in [-0.2, -0.15) is 13.2 Å². The summed E-state index contributed by atoms with van der Waals surface area (Å²) in [6.07, 6.45) is -4.72. The number of rotatable bonds is 1. The Morgan fingerprint density at radius 2 is 1.65 bits per heavy atom. The Hall–Kier alpha value is -1.82. The molecule has 0 aliphatic heterocycles. The summed E-state index contributed by atoms with van der Waals surface area (Å²) in [5, 5.41) is -0.349. The van der Waals surface area contributed by atoms with E-state index in [4.69, 9.17) is 17.3 Å². The van der Waals surface area contributed by atoms with Gasteiger partial charge in [0, 0.05) is 11.6 Å². The molecule has 20 heavy (non-hydrogen) atoms. The molecule has 2 aromatic carbocycles. The van der Waals surface area contributed by atoms with Crippen LogP contribution in [0.3, 0.4) is 0 Å². The standard InChI is InChI=1S/C13H7ClF5N/c14-10-4-6(3-9(12(10)20)13(17,18)19)8-2-1-7(15)5-11(8)16/h1-5H,20H2. The Kier molecular flexibility index (Phi) is 3.60. The van der Waals surface area contributed by atoms with Crippen molar-refractivity contribution in [3.63, 3.8) is 0 Å². The molecule has 0 saturated carbocycles. The minimum absolute atomic E-state index is 0.131. The lowest BCUT2D eigenvalue weighted by Gasteiger charge is -2.14. The summed E-state index contributed by atoms with van der Waals surface area (Å²) in [6.45, 7) is 0. The van der Waals surface area contributed by atoms with Crippen molar-refractivity contribution < 1.29 is 22.0 Å². The van der Waals surface area contributed by atoms with Crippen LogP contribution in [0.4, 0.5) is 27.6 Å². The van der Waals surface area contributed by atoms with E-state index in [0.717, 1.165) is 18.2 Å². The molecule has 0 heterocycles. The first-order valence-electron chi connectivity index (χ1n) is 5.32. The lowest BCUT2D eigenvalue weighted by molar-refractivity contribution is -0.136. The van der Waals surface area contributed by atoms with Gasteiger partial charge in [-0.05, 0) is 29.8 Å². The highest BCUT2D eigenvalue weighted by Gasteiger charge is 2.34. The summed E-state index contributed by atoms with van der Waals surface area (Å²) in [7, 11) is 0. The van der Waals surface area contributed by atoms with Crippen LogP contribution in [0.1, 0.15) is 5.56 Å². The van der Waals surface area contributed by atoms with E-state index in [2.05, 4.69) is 0 Å². The lowest BCUT2D eigenvalue weighted by Crippen LogP contribution is -2.09. The number of alkyl halides is 3. The van der Waals surface area contributed by atoms with Crippen LogP contribution in [-0.2, 0) is 6.18 Å². The van der Waals surface area contributed by atoms with E-state index in [1.807, 2.05) is 0 Å². The van der Waals surface area contributed by atoms with Gasteiger partial charge in [-0.3, -0.25) is 0 Å². The Morgan fingerprint density at radius 1 is 1.00 bits per heavy atom. The predicted octanol–water partition coefficient (Wildman–Crippen LogP) is 4.89. The molecule has 7 heteroatoms. The van der Waals surface area contributed by atoms with E-state index in [1.54, 1.807) is 0 Å². The SMILES string of the molecule is Nc1c(Cl)cc(-c2ccc(F)cc2F)cc1C(F)(F)F. The van der Waals surface area contributed by atoms with Gasteiger partial charge in [0.25, 0.3) is 0 Å². The van der Waals surface area contributed by atoms with Crippen molar-refractivity contribution >= 4 is 17.3 Å². The Balaban J connectivity index is 2.67. The number of nitrogen functional groups attached to an aromatic ring is 1. The van der Waals surface area contributed by atoms with Crippen molar-refractivity contribution in [3.8, 4) is 11.1 Å². The average molecular weight is 308 g/mol. The summed E-state index contributed by atoms with van der Waals surface area (Å²) in [5.74, 6) is -1.82. The number of anilines is 1. The highest BCUT2D eigenvalue weighted by Crippen LogP contribution is 2.40. The van der Waals surface area contributed by atoms with Crippen molar-refractivity contribution in [3.05, 3.63) is 52.6 Å². The molecule has 106 valence electrons. The zero-order valence-electron chi connectivity index (χ0n) is 9.73. The van der Waals surface area contributed by atoms with Gasteiger partial charge < -0.3 is 5.73 Å². The third-order valence-electron chi connectivity index (χ3n) is 2.68. The second-order valence-corrected chi connectivity index (χ2v) is 4.45. The average Bonchev–Trinajstić information content (AvgIpc) is 2.31. The molecule has 0 radical (unpaired) electrons. The molecule has 2 rings (SSSR count). The molecule has 0 spiro atoms. The van der Waals surface area contributed by atoms with E-state index in [9.17, 15) is 22.0 Å². The van der Waals surface area contributed by atoms with E-state index in [1.165, 1.54) is 0 Å². The first-order chi connectivity index (χ1) is 9.20. The first-order valence-corrected chi connectivity index (χ1v) is 5.69. The molecule has 0 saturated heterocycles. The fraction of sp³-hybridized carbons (Fsp3) is 0.0769. The van der Waals surface area contributed by atoms with Crippen LogP contribution < -0.4 is 5.73 Å². The number of hydrogen-bond acceptors (Lipinski definition) is 1. The van der Waals surface area contributed by atoms with Crippen LogP contribution >= 0.6 is 11.6 Å². The van der Waals surface area contributed by atoms with E-state index < -0.39 is 29.1 Å². The number of hydrogen-bond donors (Lipinski definition) is 1. The molecular formula is C13H7ClF5N. The number of benzene rings is 2. The van der Waals surface area contributed by atoms with E-state index in [0.29, 0.717) is 12.1 Å². The van der Waals surface area contributed by atoms with Gasteiger partial charge in [0.15, 0.2) is 0 Å². The van der Waals surface area contributed by atoms with Gasteiger partial charge in [-0.15, -0.1) is 0 Å². The van der Waals surface area contributed by atoms with Gasteiger partial charge in [0.05, 0.1) is 16.3 Å². The fourth-order valence-corrected chi connectivity index (χ4v) is 1.95. The molecule has 0 aliphatic carbocycles. The van der Waals surface area contributed by atoms with Gasteiger partial charge in [0.2, 0.25) is 0 Å². The molecule has 2 aromatic rings. The maximum atomic E-state index is 13.6. The van der Waals surface area contributed by atoms with Crippen LogP contribution in [0.25, 0.3) is 11.1 Å². The molecule has 0 atom stereocenters. The first kappa shape index (κ1) is 14.6. The monoisotopic (exact) mass is 307 g/mol. The van der Waals surface area contributed by atoms with Crippen molar-refractivity contribution in [2.75, 3.05) is 5.73 Å². The third-order valence-corrected chi connectivity index (χ3v) is 2.99. The van der Waals surface area contributed by atoms with Crippen molar-refractivity contribution in [1.29, 1.82) is 0 Å². The molecule has 0 unspecified atom stereocenters. The van der Waals surface area contributed by atoms with Crippen molar-refractivity contribution in [2.45, 2.75) is 6.18 Å². The molecule has 1 nitrogen and oxygen atoms in total. The normalized spacial score (nSPS) is 11.7. The predicted molar refractivity (Wildman–Crippen MR) is 66.2 cm³/mol. The Labute approximate surface area is 115 Å². The van der Waals surface area contributed by atoms with E-state index >= 15 is 0 Å². The zero-order chi connectivity index (χ0) is 15.1. The summed E-state index contributed by atoms with van der Waals surface area (Å²) in [6, 6.07) is 4.33. The maximum Gasteiger partial charge on any atom is 0.418 e. The third kappa shape index (κ3) is 2.70. The molecule has 0 fully saturated rings. The second-order valence-electron chi connectivity index (χ2n) is 4.04. The zero-order valence-corrected chi connectivity index (χ0v) is 10.5. The minimum atomic E-state index is -4.72. The van der Waals surface area contributed by atoms with Crippen LogP contribution in [-0.4, -0.2) is 0 Å². The fourth-order valence-electron chi connectivity index (χ4n) is 1.73. The largest absolute Gasteiger partial charge is 0.418 e. The highest BCUT2D eigenvalue weighted by atomic mass is 35.5. The van der Waals surface area contributed by atoms with E-state index in [-0.39, 0.29) is 16.1 Å². The molecule has 2 N–H and O–H groups in total. The number of nitrogens with two attached hydrogens (primary N) is 1. The maximum absolute atomic E-state index is 13.6. The summed E-state index contributed by atoms with van der Waals surface area (Å²) < 4.78 is 64.8. The molecular weight excluding hydrogens is 301 g/mol. The lowest BCUT2D eigenvalue weighted by atomic mass is 10.0. The molecule has 0 aromatic heterocycles. The molecule has 0 amide bonds. The molecule has 0 bridgehead atoms. The summed E-state index contributed by atoms with van der Waals surface area (Å²) in [5.41, 5.74) is 3.15. The van der Waals surface area contributed by atoms with Crippen molar-refractivity contribution in [1.82, 2.24) is 0 Å². The summed E-state index contributed by atoms with van der Waals surface area (Å²) >= 11 is 5.64. The molecule has 0 aliphatic rings. The van der Waals surface area contributed by atoms with Gasteiger partial charge in [-0.1, -0.05) is 11.6 Å². The van der Waals surface area contributed by atoms with Crippen LogP contribution in [0.5, 0.6) is 0 Å². The van der Waals surface area contributed by atoms with Gasteiger partial charge in [0.1, 0.15) is 11.6 Å². The Bertz CT molecular complexity index is 667. The van der Waals surface area contributed by atoms with Crippen LogP contribution in [0.2, 0.25) is 5.02 Å². The quantitative estimate of drug-likeness (QED) is 0.589. The number of halogens is 6. The van der Waals surface area contributed by atoms with Crippen LogP contribution in [0.15, 0.2) is 30.3 Å². The second kappa shape index (κ2) is 4.94. The van der Waals surface area contributed by atoms with Gasteiger partial charge >= 0.3 is 6.18 Å². The smallest absolute Gasteiger partial charge is 0.397 e.